The Hall–Kier alpha value is -0.820. The molecule has 0 spiro atoms. The van der Waals surface area contributed by atoms with Crippen LogP contribution >= 0.6 is 11.8 Å². The van der Waals surface area contributed by atoms with Crippen molar-refractivity contribution in [1.29, 1.82) is 0 Å². The third kappa shape index (κ3) is 4.09. The number of thioether (sulfide) groups is 1. The van der Waals surface area contributed by atoms with Crippen molar-refractivity contribution in [3.63, 3.8) is 0 Å². The van der Waals surface area contributed by atoms with E-state index in [4.69, 9.17) is 0 Å². The standard InChI is InChI=1S/C13H22N4OS2/c1-11(9-20(3)18)16(2)12-8-13(15-10-14-12)17-4-6-19-7-5-17/h8,10-11H,4-7,9H2,1-3H3. The maximum atomic E-state index is 11.3. The highest BCUT2D eigenvalue weighted by molar-refractivity contribution is 7.99. The molecule has 2 rings (SSSR count). The maximum absolute atomic E-state index is 11.3. The summed E-state index contributed by atoms with van der Waals surface area (Å²) in [5.74, 6) is 4.84. The fraction of sp³-hybridized carbons (Fsp3) is 0.692. The summed E-state index contributed by atoms with van der Waals surface area (Å²) in [6.45, 7) is 4.15. The summed E-state index contributed by atoms with van der Waals surface area (Å²) >= 11 is 1.99. The van der Waals surface area contributed by atoms with E-state index in [1.54, 1.807) is 12.6 Å². The Balaban J connectivity index is 2.10. The Kier molecular flexibility index (Phi) is 5.65. The minimum absolute atomic E-state index is 0.195. The molecule has 1 aromatic heterocycles. The van der Waals surface area contributed by atoms with Crippen LogP contribution in [0.1, 0.15) is 6.92 Å². The predicted octanol–water partition coefficient (Wildman–Crippen LogP) is 1.23. The van der Waals surface area contributed by atoms with E-state index in [0.29, 0.717) is 5.75 Å². The van der Waals surface area contributed by atoms with Gasteiger partial charge in [0.25, 0.3) is 0 Å². The molecule has 1 saturated heterocycles. The maximum Gasteiger partial charge on any atom is 0.134 e. The van der Waals surface area contributed by atoms with Gasteiger partial charge < -0.3 is 9.80 Å². The molecule has 0 radical (unpaired) electrons. The molecule has 5 nitrogen and oxygen atoms in total. The van der Waals surface area contributed by atoms with Gasteiger partial charge >= 0.3 is 0 Å². The largest absolute Gasteiger partial charge is 0.356 e. The smallest absolute Gasteiger partial charge is 0.134 e. The van der Waals surface area contributed by atoms with Gasteiger partial charge in [-0.2, -0.15) is 11.8 Å². The fourth-order valence-corrected chi connectivity index (χ4v) is 3.98. The highest BCUT2D eigenvalue weighted by Crippen LogP contribution is 2.21. The Labute approximate surface area is 127 Å². The first-order chi connectivity index (χ1) is 9.58. The van der Waals surface area contributed by atoms with E-state index in [-0.39, 0.29) is 6.04 Å². The van der Waals surface area contributed by atoms with Gasteiger partial charge in [0, 0.05) is 66.6 Å². The SMILES string of the molecule is CC(CS(C)=O)N(C)c1cc(N2CCSCC2)ncn1. The van der Waals surface area contributed by atoms with Crippen molar-refractivity contribution >= 4 is 34.2 Å². The van der Waals surface area contributed by atoms with Gasteiger partial charge in [-0.1, -0.05) is 0 Å². The summed E-state index contributed by atoms with van der Waals surface area (Å²) in [6, 6.07) is 2.23. The molecule has 0 saturated carbocycles. The van der Waals surface area contributed by atoms with Crippen LogP contribution in [0.3, 0.4) is 0 Å². The van der Waals surface area contributed by atoms with Gasteiger partial charge in [0.1, 0.15) is 18.0 Å². The van der Waals surface area contributed by atoms with E-state index >= 15 is 0 Å². The van der Waals surface area contributed by atoms with Gasteiger partial charge in [0.2, 0.25) is 0 Å². The van der Waals surface area contributed by atoms with Crippen LogP contribution in [0.4, 0.5) is 11.6 Å². The van der Waals surface area contributed by atoms with Crippen LogP contribution < -0.4 is 9.80 Å². The molecular formula is C13H22N4OS2. The molecule has 2 unspecified atom stereocenters. The molecule has 0 N–H and O–H groups in total. The molecule has 0 bridgehead atoms. The molecule has 2 heterocycles. The van der Waals surface area contributed by atoms with Crippen LogP contribution in [0.2, 0.25) is 0 Å². The molecule has 0 aromatic carbocycles. The Morgan fingerprint density at radius 2 is 2.15 bits per heavy atom. The Morgan fingerprint density at radius 1 is 1.45 bits per heavy atom. The summed E-state index contributed by atoms with van der Waals surface area (Å²) in [5.41, 5.74) is 0. The van der Waals surface area contributed by atoms with Crippen LogP contribution in [0.5, 0.6) is 0 Å². The molecule has 7 heteroatoms. The van der Waals surface area contributed by atoms with Crippen molar-refractivity contribution in [3.8, 4) is 0 Å². The van der Waals surface area contributed by atoms with Crippen molar-refractivity contribution in [2.45, 2.75) is 13.0 Å². The second kappa shape index (κ2) is 7.26. The molecule has 2 atom stereocenters. The van der Waals surface area contributed by atoms with Gasteiger partial charge in [-0.25, -0.2) is 9.97 Å². The molecule has 1 fully saturated rings. The normalized spacial score (nSPS) is 18.6. The molecular weight excluding hydrogens is 292 g/mol. The summed E-state index contributed by atoms with van der Waals surface area (Å²) in [5, 5.41) is 0. The summed E-state index contributed by atoms with van der Waals surface area (Å²) in [4.78, 5) is 13.1. The third-order valence-electron chi connectivity index (χ3n) is 3.47. The molecule has 0 amide bonds. The minimum atomic E-state index is -0.798. The first-order valence-corrected chi connectivity index (χ1v) is 9.63. The van der Waals surface area contributed by atoms with E-state index < -0.39 is 10.8 Å². The van der Waals surface area contributed by atoms with Crippen molar-refractivity contribution < 1.29 is 4.21 Å². The lowest BCUT2D eigenvalue weighted by atomic mass is 10.3. The summed E-state index contributed by atoms with van der Waals surface area (Å²) in [7, 11) is 1.20. The lowest BCUT2D eigenvalue weighted by Gasteiger charge is -2.29. The third-order valence-corrected chi connectivity index (χ3v) is 5.37. The van der Waals surface area contributed by atoms with Crippen molar-refractivity contribution in [1.82, 2.24) is 9.97 Å². The average Bonchev–Trinajstić information content (AvgIpc) is 2.47. The van der Waals surface area contributed by atoms with Gasteiger partial charge in [-0.05, 0) is 6.92 Å². The average molecular weight is 314 g/mol. The summed E-state index contributed by atoms with van der Waals surface area (Å²) < 4.78 is 11.3. The van der Waals surface area contributed by atoms with Gasteiger partial charge in [0.05, 0.1) is 0 Å². The van der Waals surface area contributed by atoms with Gasteiger partial charge in [0.15, 0.2) is 0 Å². The van der Waals surface area contributed by atoms with Crippen LogP contribution in [0.25, 0.3) is 0 Å². The number of hydrogen-bond donors (Lipinski definition) is 0. The highest BCUT2D eigenvalue weighted by atomic mass is 32.2. The molecule has 112 valence electrons. The molecule has 1 aliphatic heterocycles. The zero-order valence-electron chi connectivity index (χ0n) is 12.3. The van der Waals surface area contributed by atoms with E-state index in [2.05, 4.69) is 26.7 Å². The van der Waals surface area contributed by atoms with Crippen LogP contribution in [0.15, 0.2) is 12.4 Å². The second-order valence-electron chi connectivity index (χ2n) is 5.03. The predicted molar refractivity (Wildman–Crippen MR) is 88.4 cm³/mol. The van der Waals surface area contributed by atoms with Crippen molar-refractivity contribution in [2.75, 3.05) is 53.5 Å². The van der Waals surface area contributed by atoms with Crippen LogP contribution in [-0.4, -0.2) is 63.9 Å². The van der Waals surface area contributed by atoms with Crippen molar-refractivity contribution in [3.05, 3.63) is 12.4 Å². The van der Waals surface area contributed by atoms with Gasteiger partial charge in [-0.3, -0.25) is 4.21 Å². The van der Waals surface area contributed by atoms with E-state index in [9.17, 15) is 4.21 Å². The lowest BCUT2D eigenvalue weighted by Crippen LogP contribution is -2.35. The molecule has 20 heavy (non-hydrogen) atoms. The van der Waals surface area contributed by atoms with Crippen LogP contribution in [-0.2, 0) is 10.8 Å². The van der Waals surface area contributed by atoms with E-state index in [1.165, 1.54) is 0 Å². The zero-order valence-corrected chi connectivity index (χ0v) is 13.9. The van der Waals surface area contributed by atoms with Crippen LogP contribution in [0, 0.1) is 0 Å². The topological polar surface area (TPSA) is 49.3 Å². The number of nitrogens with zero attached hydrogens (tertiary/aromatic N) is 4. The van der Waals surface area contributed by atoms with E-state index in [1.807, 2.05) is 24.9 Å². The molecule has 0 aliphatic carbocycles. The zero-order chi connectivity index (χ0) is 14.5. The fourth-order valence-electron chi connectivity index (χ4n) is 2.17. The Bertz CT molecular complexity index is 465. The number of aromatic nitrogens is 2. The number of anilines is 2. The monoisotopic (exact) mass is 314 g/mol. The molecule has 1 aromatic rings. The lowest BCUT2D eigenvalue weighted by molar-refractivity contribution is 0.673. The second-order valence-corrected chi connectivity index (χ2v) is 7.74. The quantitative estimate of drug-likeness (QED) is 0.815. The first kappa shape index (κ1) is 15.6. The number of rotatable bonds is 5. The molecule has 1 aliphatic rings. The number of hydrogen-bond acceptors (Lipinski definition) is 6. The summed E-state index contributed by atoms with van der Waals surface area (Å²) in [6.07, 6.45) is 3.36. The minimum Gasteiger partial charge on any atom is -0.356 e. The van der Waals surface area contributed by atoms with Crippen molar-refractivity contribution in [2.24, 2.45) is 0 Å². The highest BCUT2D eigenvalue weighted by Gasteiger charge is 2.16. The first-order valence-electron chi connectivity index (χ1n) is 6.75. The Morgan fingerprint density at radius 3 is 2.80 bits per heavy atom. The van der Waals surface area contributed by atoms with E-state index in [0.717, 1.165) is 36.2 Å². The van der Waals surface area contributed by atoms with Gasteiger partial charge in [-0.15, -0.1) is 0 Å².